The van der Waals surface area contributed by atoms with Gasteiger partial charge in [0, 0.05) is 11.1 Å². The van der Waals surface area contributed by atoms with E-state index in [0.717, 1.165) is 33.3 Å². The normalized spacial score (nSPS) is 11.0. The summed E-state index contributed by atoms with van der Waals surface area (Å²) in [7, 11) is 0. The Labute approximate surface area is 138 Å². The summed E-state index contributed by atoms with van der Waals surface area (Å²) in [6.07, 6.45) is 0. The van der Waals surface area contributed by atoms with E-state index >= 15 is 0 Å². The monoisotopic (exact) mass is 317 g/mol. The van der Waals surface area contributed by atoms with E-state index in [1.54, 1.807) is 4.68 Å². The molecule has 118 valence electrons. The quantitative estimate of drug-likeness (QED) is 0.630. The maximum absolute atomic E-state index is 12.5. The third-order valence-corrected chi connectivity index (χ3v) is 3.83. The van der Waals surface area contributed by atoms with Gasteiger partial charge in [0.05, 0.1) is 16.7 Å². The number of benzene rings is 2. The highest BCUT2D eigenvalue weighted by Gasteiger charge is 2.11. The third-order valence-electron chi connectivity index (χ3n) is 3.83. The minimum absolute atomic E-state index is 0.107. The molecule has 6 nitrogen and oxygen atoms in total. The molecule has 24 heavy (non-hydrogen) atoms. The van der Waals surface area contributed by atoms with Crippen molar-refractivity contribution in [2.24, 2.45) is 0 Å². The van der Waals surface area contributed by atoms with Crippen molar-refractivity contribution in [3.63, 3.8) is 0 Å². The summed E-state index contributed by atoms with van der Waals surface area (Å²) in [6.45, 7) is 2.02. The highest BCUT2D eigenvalue weighted by atomic mass is 16.2. The van der Waals surface area contributed by atoms with Crippen LogP contribution >= 0.6 is 0 Å². The molecule has 0 aliphatic heterocycles. The number of hydrogen-bond donors (Lipinski definition) is 1. The zero-order valence-electron chi connectivity index (χ0n) is 13.1. The van der Waals surface area contributed by atoms with Crippen molar-refractivity contribution in [2.45, 2.75) is 13.5 Å². The van der Waals surface area contributed by atoms with Crippen molar-refractivity contribution >= 4 is 33.5 Å². The summed E-state index contributed by atoms with van der Waals surface area (Å²) in [5.41, 5.74) is 4.08. The SMILES string of the molecule is Cc1cc(NC(=O)Cn2nnc3ccccc32)c2ccccc2n1. The van der Waals surface area contributed by atoms with E-state index in [1.165, 1.54) is 0 Å². The van der Waals surface area contributed by atoms with E-state index in [0.29, 0.717) is 0 Å². The number of carbonyl (C=O) groups is 1. The molecule has 4 aromatic rings. The Morgan fingerprint density at radius 3 is 2.71 bits per heavy atom. The summed E-state index contributed by atoms with van der Waals surface area (Å²) < 4.78 is 1.60. The van der Waals surface area contributed by atoms with Crippen molar-refractivity contribution in [2.75, 3.05) is 5.32 Å². The van der Waals surface area contributed by atoms with Crippen LogP contribution in [0.3, 0.4) is 0 Å². The van der Waals surface area contributed by atoms with Crippen molar-refractivity contribution in [3.8, 4) is 0 Å². The third kappa shape index (κ3) is 2.58. The number of nitrogens with one attached hydrogen (secondary N) is 1. The largest absolute Gasteiger partial charge is 0.324 e. The van der Waals surface area contributed by atoms with Gasteiger partial charge in [-0.3, -0.25) is 9.78 Å². The predicted molar refractivity (Wildman–Crippen MR) is 92.6 cm³/mol. The zero-order chi connectivity index (χ0) is 16.5. The molecule has 2 aromatic carbocycles. The van der Waals surface area contributed by atoms with E-state index in [9.17, 15) is 4.79 Å². The molecule has 1 N–H and O–H groups in total. The van der Waals surface area contributed by atoms with Gasteiger partial charge in [0.25, 0.3) is 0 Å². The van der Waals surface area contributed by atoms with Crippen molar-refractivity contribution < 1.29 is 4.79 Å². The highest BCUT2D eigenvalue weighted by Crippen LogP contribution is 2.23. The van der Waals surface area contributed by atoms with E-state index in [4.69, 9.17) is 0 Å². The lowest BCUT2D eigenvalue weighted by Crippen LogP contribution is -2.19. The van der Waals surface area contributed by atoms with Crippen LogP contribution in [0.2, 0.25) is 0 Å². The average molecular weight is 317 g/mol. The summed E-state index contributed by atoms with van der Waals surface area (Å²) in [5, 5.41) is 12.0. The molecule has 6 heteroatoms. The number of para-hydroxylation sites is 2. The maximum atomic E-state index is 12.5. The Balaban J connectivity index is 1.63. The molecule has 0 spiro atoms. The lowest BCUT2D eigenvalue weighted by atomic mass is 10.1. The van der Waals surface area contributed by atoms with Crippen LogP contribution in [0.1, 0.15) is 5.69 Å². The first-order valence-corrected chi connectivity index (χ1v) is 7.65. The number of amides is 1. The number of carbonyl (C=O) groups excluding carboxylic acids is 1. The topological polar surface area (TPSA) is 72.7 Å². The molecule has 0 aliphatic rings. The second-order valence-electron chi connectivity index (χ2n) is 5.61. The lowest BCUT2D eigenvalue weighted by molar-refractivity contribution is -0.116. The molecule has 0 unspecified atom stereocenters. The molecule has 0 saturated carbocycles. The highest BCUT2D eigenvalue weighted by molar-refractivity contribution is 6.01. The molecular formula is C18H15N5O. The number of fused-ring (bicyclic) bond motifs is 2. The molecule has 0 fully saturated rings. The number of anilines is 1. The van der Waals surface area contributed by atoms with Gasteiger partial charge < -0.3 is 5.32 Å². The molecule has 0 saturated heterocycles. The molecule has 4 rings (SSSR count). The van der Waals surface area contributed by atoms with Crippen LogP contribution in [-0.2, 0) is 11.3 Å². The number of aromatic nitrogens is 4. The fourth-order valence-corrected chi connectivity index (χ4v) is 2.77. The van der Waals surface area contributed by atoms with E-state index in [2.05, 4.69) is 20.6 Å². The zero-order valence-corrected chi connectivity index (χ0v) is 13.1. The number of rotatable bonds is 3. The van der Waals surface area contributed by atoms with Crippen LogP contribution in [0.25, 0.3) is 21.9 Å². The molecule has 0 atom stereocenters. The second kappa shape index (κ2) is 5.73. The van der Waals surface area contributed by atoms with Gasteiger partial charge in [0.1, 0.15) is 12.1 Å². The van der Waals surface area contributed by atoms with Crippen LogP contribution < -0.4 is 5.32 Å². The Bertz CT molecular complexity index is 1050. The number of hydrogen-bond acceptors (Lipinski definition) is 4. The van der Waals surface area contributed by atoms with Gasteiger partial charge in [-0.1, -0.05) is 35.5 Å². The van der Waals surface area contributed by atoms with Crippen molar-refractivity contribution in [3.05, 3.63) is 60.3 Å². The molecular weight excluding hydrogens is 302 g/mol. The molecule has 0 bridgehead atoms. The van der Waals surface area contributed by atoms with Crippen LogP contribution in [0.5, 0.6) is 0 Å². The second-order valence-corrected chi connectivity index (χ2v) is 5.61. The molecule has 0 radical (unpaired) electrons. The maximum Gasteiger partial charge on any atom is 0.246 e. The summed E-state index contributed by atoms with van der Waals surface area (Å²) in [5.74, 6) is -0.151. The van der Waals surface area contributed by atoms with Crippen molar-refractivity contribution in [1.29, 1.82) is 0 Å². The smallest absolute Gasteiger partial charge is 0.246 e. The van der Waals surface area contributed by atoms with Gasteiger partial charge in [-0.15, -0.1) is 5.10 Å². The summed E-state index contributed by atoms with van der Waals surface area (Å²) in [4.78, 5) is 16.9. The van der Waals surface area contributed by atoms with Gasteiger partial charge >= 0.3 is 0 Å². The van der Waals surface area contributed by atoms with Crippen LogP contribution in [-0.4, -0.2) is 25.9 Å². The van der Waals surface area contributed by atoms with Gasteiger partial charge in [-0.25, -0.2) is 4.68 Å². The summed E-state index contributed by atoms with van der Waals surface area (Å²) in [6, 6.07) is 17.2. The Kier molecular flexibility index (Phi) is 3.42. The van der Waals surface area contributed by atoms with Gasteiger partial charge in [-0.05, 0) is 31.2 Å². The molecule has 0 aliphatic carbocycles. The van der Waals surface area contributed by atoms with Crippen LogP contribution in [0.4, 0.5) is 5.69 Å². The fraction of sp³-hybridized carbons (Fsp3) is 0.111. The first-order chi connectivity index (χ1) is 11.7. The van der Waals surface area contributed by atoms with Gasteiger partial charge in [-0.2, -0.15) is 0 Å². The minimum atomic E-state index is -0.151. The Morgan fingerprint density at radius 1 is 1.08 bits per heavy atom. The molecule has 2 heterocycles. The van der Waals surface area contributed by atoms with Gasteiger partial charge in [0.15, 0.2) is 0 Å². The van der Waals surface area contributed by atoms with E-state index < -0.39 is 0 Å². The van der Waals surface area contributed by atoms with Crippen LogP contribution in [0, 0.1) is 6.92 Å². The lowest BCUT2D eigenvalue weighted by Gasteiger charge is -2.10. The number of nitrogens with zero attached hydrogens (tertiary/aromatic N) is 4. The van der Waals surface area contributed by atoms with Crippen molar-refractivity contribution in [1.82, 2.24) is 20.0 Å². The molecule has 1 amide bonds. The Hall–Kier alpha value is -3.28. The molecule has 2 aromatic heterocycles. The van der Waals surface area contributed by atoms with E-state index in [-0.39, 0.29) is 12.5 Å². The average Bonchev–Trinajstić information content (AvgIpc) is 2.98. The Morgan fingerprint density at radius 2 is 1.83 bits per heavy atom. The number of pyridine rings is 1. The fourth-order valence-electron chi connectivity index (χ4n) is 2.77. The first kappa shape index (κ1) is 14.3. The van der Waals surface area contributed by atoms with E-state index in [1.807, 2.05) is 61.5 Å². The summed E-state index contributed by atoms with van der Waals surface area (Å²) >= 11 is 0. The number of aryl methyl sites for hydroxylation is 1. The standard InChI is InChI=1S/C18H15N5O/c1-12-10-16(13-6-2-3-7-14(13)19-12)20-18(24)11-23-17-9-5-4-8-15(17)21-22-23/h2-10H,11H2,1H3,(H,19,20,24). The van der Waals surface area contributed by atoms with Gasteiger partial charge in [0.2, 0.25) is 5.91 Å². The minimum Gasteiger partial charge on any atom is -0.324 e. The predicted octanol–water partition coefficient (Wildman–Crippen LogP) is 2.93. The van der Waals surface area contributed by atoms with Crippen LogP contribution in [0.15, 0.2) is 54.6 Å². The first-order valence-electron chi connectivity index (χ1n) is 7.65.